The highest BCUT2D eigenvalue weighted by molar-refractivity contribution is 9.10. The summed E-state index contributed by atoms with van der Waals surface area (Å²) in [7, 11) is -3.85. The number of aliphatic hydroxyl groups is 1. The molecule has 0 radical (unpaired) electrons. The Morgan fingerprint density at radius 2 is 1.93 bits per heavy atom. The molecule has 2 rings (SSSR count). The number of sulfonamides is 1. The van der Waals surface area contributed by atoms with Crippen molar-refractivity contribution in [3.63, 3.8) is 0 Å². The van der Waals surface area contributed by atoms with E-state index >= 15 is 0 Å². The number of primary sulfonamides is 1. The van der Waals surface area contributed by atoms with Crippen molar-refractivity contribution in [2.24, 2.45) is 5.14 Å². The van der Waals surface area contributed by atoms with Gasteiger partial charge >= 0.3 is 0 Å². The van der Waals surface area contributed by atoms with E-state index in [1.54, 1.807) is 32.2 Å². The SMILES string of the molecule is CCc1cc(Nc2ncc(Br)c(N[C@H](C)C(C)(C)O)n2)cc(Br)c1S(N)(=O)=O. The van der Waals surface area contributed by atoms with E-state index in [9.17, 15) is 13.5 Å². The summed E-state index contributed by atoms with van der Waals surface area (Å²) >= 11 is 6.67. The maximum atomic E-state index is 11.8. The van der Waals surface area contributed by atoms with Crippen molar-refractivity contribution in [2.75, 3.05) is 10.6 Å². The highest BCUT2D eigenvalue weighted by atomic mass is 79.9. The molecule has 1 aromatic carbocycles. The lowest BCUT2D eigenvalue weighted by Gasteiger charge is -2.27. The fourth-order valence-electron chi connectivity index (χ4n) is 2.34. The molecule has 0 saturated heterocycles. The van der Waals surface area contributed by atoms with Crippen LogP contribution >= 0.6 is 31.9 Å². The zero-order valence-corrected chi connectivity index (χ0v) is 19.9. The Bertz CT molecular complexity index is 977. The van der Waals surface area contributed by atoms with Gasteiger partial charge in [-0.3, -0.25) is 0 Å². The highest BCUT2D eigenvalue weighted by Crippen LogP contribution is 2.31. The monoisotopic (exact) mass is 535 g/mol. The van der Waals surface area contributed by atoms with E-state index in [-0.39, 0.29) is 10.9 Å². The summed E-state index contributed by atoms with van der Waals surface area (Å²) in [5.41, 5.74) is 0.244. The number of anilines is 3. The Morgan fingerprint density at radius 1 is 1.29 bits per heavy atom. The molecule has 1 heterocycles. The first kappa shape index (κ1) is 23.0. The van der Waals surface area contributed by atoms with Crippen LogP contribution in [0, 0.1) is 0 Å². The molecule has 0 fully saturated rings. The summed E-state index contributed by atoms with van der Waals surface area (Å²) in [6.07, 6.45) is 2.07. The standard InChI is InChI=1S/C17H23Br2N5O3S/c1-5-10-6-11(7-12(18)14(10)28(20,26)27)23-16-21-8-13(19)15(24-16)22-9(2)17(3,4)25/h6-9,25H,5H2,1-4H3,(H2,20,26,27)(H2,21,22,23,24)/t9-/m1/s1. The van der Waals surface area contributed by atoms with Crippen LogP contribution in [0.5, 0.6) is 0 Å². The topological polar surface area (TPSA) is 130 Å². The van der Waals surface area contributed by atoms with Gasteiger partial charge in [-0.1, -0.05) is 6.92 Å². The molecule has 1 aromatic heterocycles. The molecular formula is C17H23Br2N5O3S. The van der Waals surface area contributed by atoms with Crippen molar-refractivity contribution >= 4 is 59.3 Å². The zero-order valence-electron chi connectivity index (χ0n) is 15.9. The molecule has 0 aliphatic carbocycles. The van der Waals surface area contributed by atoms with Crippen molar-refractivity contribution < 1.29 is 13.5 Å². The van der Waals surface area contributed by atoms with Crippen molar-refractivity contribution in [2.45, 2.75) is 50.7 Å². The predicted octanol–water partition coefficient (Wildman–Crippen LogP) is 3.53. The number of nitrogens with zero attached hydrogens (tertiary/aromatic N) is 2. The van der Waals surface area contributed by atoms with Gasteiger partial charge in [0.1, 0.15) is 5.82 Å². The lowest BCUT2D eigenvalue weighted by molar-refractivity contribution is 0.0647. The van der Waals surface area contributed by atoms with Gasteiger partial charge in [-0.2, -0.15) is 4.98 Å². The van der Waals surface area contributed by atoms with Gasteiger partial charge < -0.3 is 15.7 Å². The minimum atomic E-state index is -3.85. The van der Waals surface area contributed by atoms with E-state index in [0.29, 0.717) is 38.4 Å². The van der Waals surface area contributed by atoms with Gasteiger partial charge in [-0.05, 0) is 76.7 Å². The number of halogens is 2. The first-order valence-corrected chi connectivity index (χ1v) is 11.6. The molecule has 0 bridgehead atoms. The molecule has 28 heavy (non-hydrogen) atoms. The number of rotatable bonds is 7. The fourth-order valence-corrected chi connectivity index (χ4v) is 4.73. The Balaban J connectivity index is 2.36. The Labute approximate surface area is 181 Å². The van der Waals surface area contributed by atoms with E-state index in [1.165, 1.54) is 0 Å². The minimum absolute atomic E-state index is 0.0682. The number of nitrogens with one attached hydrogen (secondary N) is 2. The zero-order chi connectivity index (χ0) is 21.3. The Hall–Kier alpha value is -1.27. The molecule has 0 aliphatic heterocycles. The van der Waals surface area contributed by atoms with Crippen molar-refractivity contribution in [3.8, 4) is 0 Å². The predicted molar refractivity (Wildman–Crippen MR) is 117 cm³/mol. The largest absolute Gasteiger partial charge is 0.388 e. The molecule has 11 heteroatoms. The maximum Gasteiger partial charge on any atom is 0.239 e. The summed E-state index contributed by atoms with van der Waals surface area (Å²) in [6.45, 7) is 7.10. The van der Waals surface area contributed by atoms with Crippen molar-refractivity contribution in [1.29, 1.82) is 0 Å². The number of aromatic nitrogens is 2. The van der Waals surface area contributed by atoms with Crippen molar-refractivity contribution in [1.82, 2.24) is 9.97 Å². The highest BCUT2D eigenvalue weighted by Gasteiger charge is 2.23. The first-order chi connectivity index (χ1) is 12.8. The van der Waals surface area contributed by atoms with Crippen LogP contribution < -0.4 is 15.8 Å². The summed E-state index contributed by atoms with van der Waals surface area (Å²) < 4.78 is 24.7. The molecule has 5 N–H and O–H groups in total. The Kier molecular flexibility index (Phi) is 7.08. The molecule has 154 valence electrons. The lowest BCUT2D eigenvalue weighted by Crippen LogP contribution is -2.39. The summed E-state index contributed by atoms with van der Waals surface area (Å²) in [5, 5.41) is 21.7. The maximum absolute atomic E-state index is 11.8. The molecule has 1 atom stereocenters. The van der Waals surface area contributed by atoms with Gasteiger partial charge in [0, 0.05) is 16.4 Å². The van der Waals surface area contributed by atoms with Gasteiger partial charge in [0.25, 0.3) is 0 Å². The number of hydrogen-bond acceptors (Lipinski definition) is 7. The third kappa shape index (κ3) is 5.63. The van der Waals surface area contributed by atoms with E-state index in [0.717, 1.165) is 0 Å². The Morgan fingerprint density at radius 3 is 2.46 bits per heavy atom. The van der Waals surface area contributed by atoms with Crippen LogP contribution in [0.25, 0.3) is 0 Å². The average molecular weight is 537 g/mol. The molecule has 0 amide bonds. The van der Waals surface area contributed by atoms with Crippen LogP contribution in [-0.4, -0.2) is 35.1 Å². The van der Waals surface area contributed by atoms with Gasteiger partial charge in [0.05, 0.1) is 21.0 Å². The van der Waals surface area contributed by atoms with E-state index in [2.05, 4.69) is 52.5 Å². The molecular weight excluding hydrogens is 514 g/mol. The average Bonchev–Trinajstić information content (AvgIpc) is 2.55. The second kappa shape index (κ2) is 8.62. The van der Waals surface area contributed by atoms with E-state index < -0.39 is 15.6 Å². The number of aryl methyl sites for hydroxylation is 1. The minimum Gasteiger partial charge on any atom is -0.388 e. The molecule has 2 aromatic rings. The number of benzene rings is 1. The van der Waals surface area contributed by atoms with Crippen LogP contribution in [0.3, 0.4) is 0 Å². The fraction of sp³-hybridized carbons (Fsp3) is 0.412. The van der Waals surface area contributed by atoms with E-state index in [1.807, 2.05) is 13.8 Å². The lowest BCUT2D eigenvalue weighted by atomic mass is 10.0. The third-order valence-electron chi connectivity index (χ3n) is 4.20. The van der Waals surface area contributed by atoms with Crippen LogP contribution in [0.2, 0.25) is 0 Å². The molecule has 0 unspecified atom stereocenters. The molecule has 0 spiro atoms. The second-order valence-electron chi connectivity index (χ2n) is 6.88. The molecule has 8 nitrogen and oxygen atoms in total. The van der Waals surface area contributed by atoms with Crippen molar-refractivity contribution in [3.05, 3.63) is 32.8 Å². The van der Waals surface area contributed by atoms with Crippen LogP contribution in [0.1, 0.15) is 33.3 Å². The van der Waals surface area contributed by atoms with Crippen LogP contribution in [0.15, 0.2) is 32.2 Å². The summed E-state index contributed by atoms with van der Waals surface area (Å²) in [4.78, 5) is 8.73. The number of hydrogen-bond donors (Lipinski definition) is 4. The summed E-state index contributed by atoms with van der Waals surface area (Å²) in [5.74, 6) is 0.828. The summed E-state index contributed by atoms with van der Waals surface area (Å²) in [6, 6.07) is 3.04. The van der Waals surface area contributed by atoms with Crippen LogP contribution in [-0.2, 0) is 16.4 Å². The van der Waals surface area contributed by atoms with Gasteiger partial charge in [0.2, 0.25) is 16.0 Å². The second-order valence-corrected chi connectivity index (χ2v) is 10.1. The smallest absolute Gasteiger partial charge is 0.239 e. The molecule has 0 saturated carbocycles. The molecule has 0 aliphatic rings. The quantitative estimate of drug-likeness (QED) is 0.425. The van der Waals surface area contributed by atoms with E-state index in [4.69, 9.17) is 5.14 Å². The number of nitrogens with two attached hydrogens (primary N) is 1. The van der Waals surface area contributed by atoms with Gasteiger partial charge in [-0.25, -0.2) is 18.5 Å². The van der Waals surface area contributed by atoms with Crippen LogP contribution in [0.4, 0.5) is 17.5 Å². The first-order valence-electron chi connectivity index (χ1n) is 8.46. The van der Waals surface area contributed by atoms with Gasteiger partial charge in [0.15, 0.2) is 0 Å². The normalized spacial score (nSPS) is 13.3. The third-order valence-corrected chi connectivity index (χ3v) is 6.72. The van der Waals surface area contributed by atoms with Gasteiger partial charge in [-0.15, -0.1) is 0 Å².